The number of ketones is 4. The molecule has 0 amide bonds. The Bertz CT molecular complexity index is 736. The Hall–Kier alpha value is -3.28. The topological polar surface area (TPSA) is 109 Å². The molecule has 0 saturated carbocycles. The third-order valence-corrected chi connectivity index (χ3v) is 3.87. The van der Waals surface area contributed by atoms with Crippen LogP contribution in [0, 0.1) is 11.8 Å². The number of rotatable bonds is 7. The van der Waals surface area contributed by atoms with Gasteiger partial charge in [-0.05, 0) is 61.1 Å². The molecule has 0 heterocycles. The number of aliphatic hydroxyl groups is 2. The Kier molecular flexibility index (Phi) is 6.38. The molecule has 26 heavy (non-hydrogen) atoms. The lowest BCUT2D eigenvalue weighted by molar-refractivity contribution is -0.146. The molecular formula is C20H18O6. The standard InChI is InChI=1S/C20H18O6/c21-15-7-1-13(2-8-15)5-11-17(23)19(25)20(26)18(24)12-6-14-3-9-16(22)10-4-14/h1,3,5-14,21-22H,2,4H2/b11-5+,12-6+. The molecule has 6 heteroatoms. The number of hydrogen-bond acceptors (Lipinski definition) is 6. The summed E-state index contributed by atoms with van der Waals surface area (Å²) in [7, 11) is 0. The lowest BCUT2D eigenvalue weighted by Crippen LogP contribution is -2.28. The summed E-state index contributed by atoms with van der Waals surface area (Å²) < 4.78 is 0. The first-order valence-electron chi connectivity index (χ1n) is 8.05. The summed E-state index contributed by atoms with van der Waals surface area (Å²) in [5, 5.41) is 18.4. The van der Waals surface area contributed by atoms with E-state index in [0.717, 1.165) is 12.2 Å². The molecule has 0 bridgehead atoms. The van der Waals surface area contributed by atoms with E-state index in [4.69, 9.17) is 0 Å². The summed E-state index contributed by atoms with van der Waals surface area (Å²) in [4.78, 5) is 47.1. The predicted molar refractivity (Wildman–Crippen MR) is 94.2 cm³/mol. The van der Waals surface area contributed by atoms with Crippen molar-refractivity contribution in [1.29, 1.82) is 0 Å². The zero-order valence-electron chi connectivity index (χ0n) is 13.9. The second-order valence-corrected chi connectivity index (χ2v) is 5.88. The van der Waals surface area contributed by atoms with Crippen molar-refractivity contribution in [3.63, 3.8) is 0 Å². The van der Waals surface area contributed by atoms with E-state index < -0.39 is 23.1 Å². The van der Waals surface area contributed by atoms with E-state index in [1.54, 1.807) is 24.3 Å². The lowest BCUT2D eigenvalue weighted by Gasteiger charge is -2.08. The second kappa shape index (κ2) is 8.71. The fourth-order valence-corrected chi connectivity index (χ4v) is 2.33. The zero-order chi connectivity index (χ0) is 19.1. The molecule has 2 atom stereocenters. The Labute approximate surface area is 150 Å². The predicted octanol–water partition coefficient (Wildman–Crippen LogP) is 2.41. The van der Waals surface area contributed by atoms with Crippen LogP contribution in [0.4, 0.5) is 0 Å². The molecule has 134 valence electrons. The van der Waals surface area contributed by atoms with Crippen LogP contribution in [-0.4, -0.2) is 33.3 Å². The lowest BCUT2D eigenvalue weighted by atomic mass is 9.97. The molecule has 2 N–H and O–H groups in total. The maximum absolute atomic E-state index is 11.8. The third kappa shape index (κ3) is 5.37. The van der Waals surface area contributed by atoms with Gasteiger partial charge in [0, 0.05) is 0 Å². The van der Waals surface area contributed by atoms with Crippen LogP contribution in [0.1, 0.15) is 12.8 Å². The van der Waals surface area contributed by atoms with Crippen molar-refractivity contribution >= 4 is 23.1 Å². The molecule has 2 unspecified atom stereocenters. The van der Waals surface area contributed by atoms with E-state index in [2.05, 4.69) is 0 Å². The van der Waals surface area contributed by atoms with Gasteiger partial charge in [0.2, 0.25) is 11.6 Å². The van der Waals surface area contributed by atoms with Gasteiger partial charge in [-0.25, -0.2) is 0 Å². The summed E-state index contributed by atoms with van der Waals surface area (Å²) in [6.45, 7) is 0. The number of aliphatic hydroxyl groups excluding tert-OH is 2. The summed E-state index contributed by atoms with van der Waals surface area (Å²) in [6.07, 6.45) is 15.1. The van der Waals surface area contributed by atoms with Gasteiger partial charge in [-0.1, -0.05) is 24.3 Å². The van der Waals surface area contributed by atoms with Crippen molar-refractivity contribution in [1.82, 2.24) is 0 Å². The minimum atomic E-state index is -1.38. The van der Waals surface area contributed by atoms with Crippen LogP contribution in [0.25, 0.3) is 0 Å². The van der Waals surface area contributed by atoms with Crippen LogP contribution in [0.3, 0.4) is 0 Å². The van der Waals surface area contributed by atoms with Crippen LogP contribution in [0.2, 0.25) is 0 Å². The highest BCUT2D eigenvalue weighted by molar-refractivity contribution is 6.80. The average molecular weight is 354 g/mol. The largest absolute Gasteiger partial charge is 0.508 e. The number of hydrogen-bond donors (Lipinski definition) is 2. The second-order valence-electron chi connectivity index (χ2n) is 5.88. The summed E-state index contributed by atoms with van der Waals surface area (Å²) in [5.74, 6) is -4.97. The Balaban J connectivity index is 1.88. The van der Waals surface area contributed by atoms with Crippen molar-refractivity contribution in [3.8, 4) is 0 Å². The molecule has 6 nitrogen and oxygen atoms in total. The van der Waals surface area contributed by atoms with Gasteiger partial charge in [-0.15, -0.1) is 0 Å². The number of allylic oxidation sites excluding steroid dienone is 10. The van der Waals surface area contributed by atoms with E-state index >= 15 is 0 Å². The SMILES string of the molecule is O=C(/C=C/C1C=CC(O)=CC1)C(=O)C(=O)C(=O)/C=C/C1C=CC(O)=CC1. The Morgan fingerprint density at radius 2 is 1.15 bits per heavy atom. The smallest absolute Gasteiger partial charge is 0.276 e. The Morgan fingerprint density at radius 3 is 1.46 bits per heavy atom. The normalized spacial score (nSPS) is 22.3. The third-order valence-electron chi connectivity index (χ3n) is 3.87. The average Bonchev–Trinajstić information content (AvgIpc) is 2.65. The van der Waals surface area contributed by atoms with E-state index in [1.165, 1.54) is 24.3 Å². The minimum Gasteiger partial charge on any atom is -0.508 e. The number of carbonyl (C=O) groups is 4. The van der Waals surface area contributed by atoms with Crippen LogP contribution in [-0.2, 0) is 19.2 Å². The van der Waals surface area contributed by atoms with E-state index in [-0.39, 0.29) is 23.4 Å². The van der Waals surface area contributed by atoms with E-state index in [0.29, 0.717) is 12.8 Å². The molecule has 0 radical (unpaired) electrons. The molecule has 0 spiro atoms. The van der Waals surface area contributed by atoms with Gasteiger partial charge in [-0.2, -0.15) is 0 Å². The molecule has 0 saturated heterocycles. The van der Waals surface area contributed by atoms with Crippen molar-refractivity contribution in [2.75, 3.05) is 0 Å². The number of carbonyl (C=O) groups excluding carboxylic acids is 4. The highest BCUT2D eigenvalue weighted by Crippen LogP contribution is 2.17. The summed E-state index contributed by atoms with van der Waals surface area (Å²) >= 11 is 0. The Morgan fingerprint density at radius 1 is 0.769 bits per heavy atom. The monoisotopic (exact) mass is 354 g/mol. The van der Waals surface area contributed by atoms with Crippen LogP contribution < -0.4 is 0 Å². The number of Topliss-reactive ketones (excluding diaryl/α,β-unsaturated/α-hetero) is 2. The molecule has 0 aliphatic heterocycles. The van der Waals surface area contributed by atoms with Gasteiger partial charge < -0.3 is 10.2 Å². The quantitative estimate of drug-likeness (QED) is 0.413. The first-order valence-corrected chi connectivity index (χ1v) is 8.05. The van der Waals surface area contributed by atoms with Crippen LogP contribution in [0.5, 0.6) is 0 Å². The molecule has 0 aromatic heterocycles. The zero-order valence-corrected chi connectivity index (χ0v) is 13.9. The van der Waals surface area contributed by atoms with Crippen molar-refractivity contribution in [3.05, 3.63) is 72.3 Å². The van der Waals surface area contributed by atoms with Gasteiger partial charge >= 0.3 is 0 Å². The highest BCUT2D eigenvalue weighted by Gasteiger charge is 2.26. The molecule has 2 aliphatic carbocycles. The fraction of sp³-hybridized carbons (Fsp3) is 0.200. The van der Waals surface area contributed by atoms with Crippen molar-refractivity contribution in [2.24, 2.45) is 11.8 Å². The molecule has 2 aliphatic rings. The van der Waals surface area contributed by atoms with Crippen LogP contribution >= 0.6 is 0 Å². The summed E-state index contributed by atoms with van der Waals surface area (Å²) in [5.41, 5.74) is 0. The molecule has 0 aromatic carbocycles. The fourth-order valence-electron chi connectivity index (χ4n) is 2.33. The maximum Gasteiger partial charge on any atom is 0.276 e. The molecule has 0 aromatic rings. The van der Waals surface area contributed by atoms with Gasteiger partial charge in [0.25, 0.3) is 11.6 Å². The molecule has 2 rings (SSSR count). The van der Waals surface area contributed by atoms with E-state index in [1.807, 2.05) is 0 Å². The minimum absolute atomic E-state index is 0.128. The van der Waals surface area contributed by atoms with Crippen molar-refractivity contribution in [2.45, 2.75) is 12.8 Å². The van der Waals surface area contributed by atoms with Gasteiger partial charge in [0.15, 0.2) is 0 Å². The molecule has 0 fully saturated rings. The van der Waals surface area contributed by atoms with Gasteiger partial charge in [0.05, 0.1) is 0 Å². The first kappa shape index (κ1) is 19.1. The maximum atomic E-state index is 11.8. The van der Waals surface area contributed by atoms with Gasteiger partial charge in [0.1, 0.15) is 11.5 Å². The summed E-state index contributed by atoms with van der Waals surface area (Å²) in [6, 6.07) is 0. The van der Waals surface area contributed by atoms with Crippen molar-refractivity contribution < 1.29 is 29.4 Å². The first-order chi connectivity index (χ1) is 12.4. The van der Waals surface area contributed by atoms with Crippen LogP contribution in [0.15, 0.2) is 72.3 Å². The van der Waals surface area contributed by atoms with E-state index in [9.17, 15) is 29.4 Å². The molecular weight excluding hydrogens is 336 g/mol. The van der Waals surface area contributed by atoms with Gasteiger partial charge in [-0.3, -0.25) is 19.2 Å². The highest BCUT2D eigenvalue weighted by atomic mass is 16.3.